The molecule has 1 aliphatic heterocycles. The van der Waals surface area contributed by atoms with Gasteiger partial charge in [0, 0.05) is 25.2 Å². The first-order chi connectivity index (χ1) is 9.70. The SMILES string of the molecule is CCCNC(CN(C)C1CCOC1)c1ccc(C)cc1. The predicted molar refractivity (Wildman–Crippen MR) is 84.1 cm³/mol. The van der Waals surface area contributed by atoms with Crippen molar-refractivity contribution in [1.82, 2.24) is 10.2 Å². The van der Waals surface area contributed by atoms with E-state index in [0.29, 0.717) is 12.1 Å². The van der Waals surface area contributed by atoms with Crippen molar-refractivity contribution in [2.75, 3.05) is 33.4 Å². The van der Waals surface area contributed by atoms with Gasteiger partial charge in [-0.05, 0) is 38.9 Å². The fraction of sp³-hybridized carbons (Fsp3) is 0.647. The van der Waals surface area contributed by atoms with E-state index in [2.05, 4.69) is 55.4 Å². The number of nitrogens with zero attached hydrogens (tertiary/aromatic N) is 1. The van der Waals surface area contributed by atoms with Gasteiger partial charge in [-0.2, -0.15) is 0 Å². The van der Waals surface area contributed by atoms with Gasteiger partial charge in [0.25, 0.3) is 0 Å². The molecule has 1 saturated heterocycles. The summed E-state index contributed by atoms with van der Waals surface area (Å²) in [7, 11) is 2.22. The molecule has 1 N–H and O–H groups in total. The van der Waals surface area contributed by atoms with E-state index >= 15 is 0 Å². The van der Waals surface area contributed by atoms with E-state index in [9.17, 15) is 0 Å². The minimum atomic E-state index is 0.404. The molecule has 0 bridgehead atoms. The van der Waals surface area contributed by atoms with E-state index < -0.39 is 0 Å². The monoisotopic (exact) mass is 276 g/mol. The van der Waals surface area contributed by atoms with E-state index in [1.165, 1.54) is 17.5 Å². The molecular formula is C17H28N2O. The third-order valence-electron chi connectivity index (χ3n) is 4.12. The molecule has 2 unspecified atom stereocenters. The Morgan fingerprint density at radius 2 is 2.10 bits per heavy atom. The second-order valence-electron chi connectivity index (χ2n) is 5.87. The van der Waals surface area contributed by atoms with E-state index in [0.717, 1.165) is 32.7 Å². The van der Waals surface area contributed by atoms with Crippen molar-refractivity contribution in [2.24, 2.45) is 0 Å². The van der Waals surface area contributed by atoms with Crippen LogP contribution in [-0.4, -0.2) is 44.3 Å². The van der Waals surface area contributed by atoms with Crippen LogP contribution in [0.5, 0.6) is 0 Å². The zero-order valence-corrected chi connectivity index (χ0v) is 13.1. The second-order valence-corrected chi connectivity index (χ2v) is 5.87. The number of aryl methyl sites for hydroxylation is 1. The Kier molecular flexibility index (Phi) is 6.02. The maximum atomic E-state index is 5.50. The molecular weight excluding hydrogens is 248 g/mol. The number of hydrogen-bond acceptors (Lipinski definition) is 3. The molecule has 0 spiro atoms. The fourth-order valence-electron chi connectivity index (χ4n) is 2.71. The van der Waals surface area contributed by atoms with E-state index in [1.807, 2.05) is 0 Å². The maximum absolute atomic E-state index is 5.50. The summed E-state index contributed by atoms with van der Waals surface area (Å²) >= 11 is 0. The predicted octanol–water partition coefficient (Wildman–Crippen LogP) is 2.76. The van der Waals surface area contributed by atoms with Crippen molar-refractivity contribution in [3.05, 3.63) is 35.4 Å². The van der Waals surface area contributed by atoms with Crippen LogP contribution in [0.4, 0.5) is 0 Å². The van der Waals surface area contributed by atoms with Gasteiger partial charge in [0.15, 0.2) is 0 Å². The zero-order valence-electron chi connectivity index (χ0n) is 13.1. The molecule has 20 heavy (non-hydrogen) atoms. The quantitative estimate of drug-likeness (QED) is 0.829. The molecule has 0 aliphatic carbocycles. The van der Waals surface area contributed by atoms with Crippen molar-refractivity contribution in [3.63, 3.8) is 0 Å². The summed E-state index contributed by atoms with van der Waals surface area (Å²) in [6, 6.07) is 9.89. The first-order valence-corrected chi connectivity index (χ1v) is 7.78. The lowest BCUT2D eigenvalue weighted by atomic mass is 10.0. The molecule has 2 rings (SSSR count). The summed E-state index contributed by atoms with van der Waals surface area (Å²) in [5, 5.41) is 3.68. The van der Waals surface area contributed by atoms with Crippen LogP contribution in [0.1, 0.15) is 36.9 Å². The number of ether oxygens (including phenoxy) is 1. The van der Waals surface area contributed by atoms with Gasteiger partial charge in [0.05, 0.1) is 6.61 Å². The lowest BCUT2D eigenvalue weighted by Crippen LogP contribution is -2.39. The molecule has 1 aromatic rings. The smallest absolute Gasteiger partial charge is 0.0622 e. The Labute approximate surface area is 123 Å². The molecule has 112 valence electrons. The molecule has 3 heteroatoms. The van der Waals surface area contributed by atoms with Gasteiger partial charge >= 0.3 is 0 Å². The highest BCUT2D eigenvalue weighted by molar-refractivity contribution is 5.24. The molecule has 1 aromatic carbocycles. The summed E-state index contributed by atoms with van der Waals surface area (Å²) in [5.41, 5.74) is 2.70. The van der Waals surface area contributed by atoms with Gasteiger partial charge in [-0.25, -0.2) is 0 Å². The standard InChI is InChI=1S/C17H28N2O/c1-4-10-18-17(15-7-5-14(2)6-8-15)12-19(3)16-9-11-20-13-16/h5-8,16-18H,4,9-13H2,1-3H3. The highest BCUT2D eigenvalue weighted by Crippen LogP contribution is 2.18. The number of likely N-dealkylation sites (N-methyl/N-ethyl adjacent to an activating group) is 1. The summed E-state index contributed by atoms with van der Waals surface area (Å²) < 4.78 is 5.50. The molecule has 0 aromatic heterocycles. The third-order valence-corrected chi connectivity index (χ3v) is 4.12. The molecule has 1 aliphatic rings. The van der Waals surface area contributed by atoms with Gasteiger partial charge in [0.2, 0.25) is 0 Å². The lowest BCUT2D eigenvalue weighted by Gasteiger charge is -2.29. The average Bonchev–Trinajstić information content (AvgIpc) is 2.98. The topological polar surface area (TPSA) is 24.5 Å². The molecule has 1 heterocycles. The van der Waals surface area contributed by atoms with Gasteiger partial charge in [-0.1, -0.05) is 36.8 Å². The number of nitrogens with one attached hydrogen (secondary N) is 1. The van der Waals surface area contributed by atoms with Crippen molar-refractivity contribution >= 4 is 0 Å². The molecule has 2 atom stereocenters. The van der Waals surface area contributed by atoms with Crippen LogP contribution in [0.2, 0.25) is 0 Å². The van der Waals surface area contributed by atoms with Crippen molar-refractivity contribution in [2.45, 2.75) is 38.8 Å². The number of benzene rings is 1. The molecule has 1 fully saturated rings. The Hall–Kier alpha value is -0.900. The third kappa shape index (κ3) is 4.30. The van der Waals surface area contributed by atoms with Crippen molar-refractivity contribution in [1.29, 1.82) is 0 Å². The molecule has 0 amide bonds. The van der Waals surface area contributed by atoms with Crippen LogP contribution < -0.4 is 5.32 Å². The fourth-order valence-corrected chi connectivity index (χ4v) is 2.71. The van der Waals surface area contributed by atoms with E-state index in [1.54, 1.807) is 0 Å². The summed E-state index contributed by atoms with van der Waals surface area (Å²) in [6.07, 6.45) is 2.32. The molecule has 3 nitrogen and oxygen atoms in total. The average molecular weight is 276 g/mol. The number of hydrogen-bond donors (Lipinski definition) is 1. The maximum Gasteiger partial charge on any atom is 0.0622 e. The first kappa shape index (κ1) is 15.5. The Morgan fingerprint density at radius 1 is 1.35 bits per heavy atom. The van der Waals surface area contributed by atoms with Gasteiger partial charge < -0.3 is 10.1 Å². The van der Waals surface area contributed by atoms with Crippen molar-refractivity contribution in [3.8, 4) is 0 Å². The van der Waals surface area contributed by atoms with Crippen LogP contribution in [0, 0.1) is 6.92 Å². The largest absolute Gasteiger partial charge is 0.380 e. The summed E-state index contributed by atoms with van der Waals surface area (Å²) in [6.45, 7) is 8.25. The molecule has 0 radical (unpaired) electrons. The normalized spacial score (nSPS) is 20.5. The molecule has 0 saturated carbocycles. The first-order valence-electron chi connectivity index (χ1n) is 7.78. The Balaban J connectivity index is 2.00. The van der Waals surface area contributed by atoms with Crippen LogP contribution in [0.3, 0.4) is 0 Å². The van der Waals surface area contributed by atoms with Gasteiger partial charge in [-0.3, -0.25) is 4.90 Å². The summed E-state index contributed by atoms with van der Waals surface area (Å²) in [5.74, 6) is 0. The van der Waals surface area contributed by atoms with Gasteiger partial charge in [-0.15, -0.1) is 0 Å². The Morgan fingerprint density at radius 3 is 2.70 bits per heavy atom. The van der Waals surface area contributed by atoms with Crippen molar-refractivity contribution < 1.29 is 4.74 Å². The summed E-state index contributed by atoms with van der Waals surface area (Å²) in [4.78, 5) is 2.44. The highest BCUT2D eigenvalue weighted by atomic mass is 16.5. The lowest BCUT2D eigenvalue weighted by molar-refractivity contribution is 0.153. The van der Waals surface area contributed by atoms with E-state index in [4.69, 9.17) is 4.74 Å². The van der Waals surface area contributed by atoms with Gasteiger partial charge in [0.1, 0.15) is 0 Å². The Bertz CT molecular complexity index is 384. The van der Waals surface area contributed by atoms with Crippen LogP contribution >= 0.6 is 0 Å². The van der Waals surface area contributed by atoms with Crippen LogP contribution in [0.15, 0.2) is 24.3 Å². The second kappa shape index (κ2) is 7.77. The highest BCUT2D eigenvalue weighted by Gasteiger charge is 2.23. The minimum absolute atomic E-state index is 0.404. The van der Waals surface area contributed by atoms with Crippen LogP contribution in [0.25, 0.3) is 0 Å². The van der Waals surface area contributed by atoms with E-state index in [-0.39, 0.29) is 0 Å². The van der Waals surface area contributed by atoms with Crippen LogP contribution in [-0.2, 0) is 4.74 Å². The number of rotatable bonds is 7. The zero-order chi connectivity index (χ0) is 14.4. The minimum Gasteiger partial charge on any atom is -0.380 e.